The molecule has 2 rings (SSSR count). The average molecular weight is 256 g/mol. The molecule has 0 aliphatic heterocycles. The largest absolute Gasteiger partial charge is 0.328 e. The highest BCUT2D eigenvalue weighted by molar-refractivity contribution is 7.98. The summed E-state index contributed by atoms with van der Waals surface area (Å²) in [6.07, 6.45) is 2.11. The number of nitrogens with one attached hydrogen (secondary N) is 1. The molecule has 4 nitrogen and oxygen atoms in total. The quantitative estimate of drug-likeness (QED) is 0.855. The van der Waals surface area contributed by atoms with E-state index in [-0.39, 0.29) is 0 Å². The maximum absolute atomic E-state index is 5.34. The van der Waals surface area contributed by atoms with E-state index in [2.05, 4.69) is 27.8 Å². The second-order valence-corrected chi connectivity index (χ2v) is 5.05. The standard InChI is InChI=1S/C10H16N4S2/c1-4-14-9-8(7(2)12-14)11-10(15)13(9)5-6-16-3/h4-6H2,1-3H3,(H,11,15). The smallest absolute Gasteiger partial charge is 0.179 e. The monoisotopic (exact) mass is 256 g/mol. The van der Waals surface area contributed by atoms with Crippen molar-refractivity contribution in [1.29, 1.82) is 0 Å². The van der Waals surface area contributed by atoms with E-state index >= 15 is 0 Å². The molecule has 0 radical (unpaired) electrons. The molecule has 0 aliphatic carbocycles. The summed E-state index contributed by atoms with van der Waals surface area (Å²) in [6.45, 7) is 5.92. The van der Waals surface area contributed by atoms with Gasteiger partial charge in [0.2, 0.25) is 0 Å². The summed E-state index contributed by atoms with van der Waals surface area (Å²) in [5.74, 6) is 1.06. The van der Waals surface area contributed by atoms with Crippen LogP contribution in [0.3, 0.4) is 0 Å². The van der Waals surface area contributed by atoms with Gasteiger partial charge in [0.25, 0.3) is 0 Å². The fourth-order valence-electron chi connectivity index (χ4n) is 1.87. The Hall–Kier alpha value is -0.750. The van der Waals surface area contributed by atoms with Crippen LogP contribution < -0.4 is 0 Å². The zero-order valence-electron chi connectivity index (χ0n) is 9.78. The van der Waals surface area contributed by atoms with E-state index in [4.69, 9.17) is 12.2 Å². The normalized spacial score (nSPS) is 11.4. The third-order valence-corrected chi connectivity index (χ3v) is 3.57. The van der Waals surface area contributed by atoms with E-state index in [0.717, 1.165) is 40.5 Å². The maximum Gasteiger partial charge on any atom is 0.179 e. The molecule has 0 amide bonds. The van der Waals surface area contributed by atoms with Crippen LogP contribution in [-0.4, -0.2) is 31.3 Å². The molecule has 0 fully saturated rings. The van der Waals surface area contributed by atoms with Crippen molar-refractivity contribution < 1.29 is 0 Å². The molecule has 0 bridgehead atoms. The number of aromatic amines is 1. The highest BCUT2D eigenvalue weighted by Gasteiger charge is 2.13. The average Bonchev–Trinajstić information content (AvgIpc) is 2.74. The van der Waals surface area contributed by atoms with E-state index in [0.29, 0.717) is 0 Å². The van der Waals surface area contributed by atoms with Gasteiger partial charge in [-0.3, -0.25) is 0 Å². The number of rotatable bonds is 4. The molecule has 88 valence electrons. The minimum absolute atomic E-state index is 0.798. The van der Waals surface area contributed by atoms with Crippen LogP contribution in [0.2, 0.25) is 0 Å². The molecular weight excluding hydrogens is 240 g/mol. The van der Waals surface area contributed by atoms with E-state index in [9.17, 15) is 0 Å². The molecule has 0 atom stereocenters. The van der Waals surface area contributed by atoms with E-state index in [1.807, 2.05) is 23.4 Å². The Kier molecular flexibility index (Phi) is 3.39. The van der Waals surface area contributed by atoms with Crippen molar-refractivity contribution in [2.75, 3.05) is 12.0 Å². The van der Waals surface area contributed by atoms with Gasteiger partial charge in [-0.15, -0.1) is 0 Å². The lowest BCUT2D eigenvalue weighted by molar-refractivity contribution is 0.639. The van der Waals surface area contributed by atoms with Crippen molar-refractivity contribution in [3.8, 4) is 0 Å². The lowest BCUT2D eigenvalue weighted by atomic mass is 10.4. The number of nitrogens with zero attached hydrogens (tertiary/aromatic N) is 3. The molecule has 2 aromatic rings. The molecule has 0 saturated heterocycles. The zero-order valence-corrected chi connectivity index (χ0v) is 11.4. The Bertz CT molecular complexity index is 549. The number of hydrogen-bond acceptors (Lipinski definition) is 3. The SMILES string of the molecule is CCn1nc(C)c2[nH]c(=S)n(CCSC)c21. The third-order valence-electron chi connectivity index (χ3n) is 2.65. The van der Waals surface area contributed by atoms with Gasteiger partial charge in [-0.05, 0) is 32.3 Å². The number of aryl methyl sites for hydroxylation is 3. The molecule has 16 heavy (non-hydrogen) atoms. The highest BCUT2D eigenvalue weighted by Crippen LogP contribution is 2.18. The van der Waals surface area contributed by atoms with E-state index in [1.54, 1.807) is 0 Å². The molecule has 2 heterocycles. The Labute approximate surface area is 104 Å². The highest BCUT2D eigenvalue weighted by atomic mass is 32.2. The van der Waals surface area contributed by atoms with Gasteiger partial charge in [0.1, 0.15) is 5.52 Å². The summed E-state index contributed by atoms with van der Waals surface area (Å²) in [5, 5.41) is 4.49. The molecular formula is C10H16N4S2. The van der Waals surface area contributed by atoms with Crippen LogP contribution in [0.5, 0.6) is 0 Å². The molecule has 0 saturated carbocycles. The van der Waals surface area contributed by atoms with Gasteiger partial charge in [-0.25, -0.2) is 4.68 Å². The number of aromatic nitrogens is 4. The van der Waals surface area contributed by atoms with E-state index < -0.39 is 0 Å². The lowest BCUT2D eigenvalue weighted by Gasteiger charge is -2.04. The fraction of sp³-hybridized carbons (Fsp3) is 0.600. The first-order chi connectivity index (χ1) is 7.69. The Morgan fingerprint density at radius 1 is 1.50 bits per heavy atom. The summed E-state index contributed by atoms with van der Waals surface area (Å²) in [4.78, 5) is 3.24. The van der Waals surface area contributed by atoms with Gasteiger partial charge in [0.05, 0.1) is 5.69 Å². The zero-order chi connectivity index (χ0) is 11.7. The third kappa shape index (κ3) is 1.80. The molecule has 2 aromatic heterocycles. The Balaban J connectivity index is 2.61. The molecule has 6 heteroatoms. The molecule has 0 unspecified atom stereocenters. The summed E-state index contributed by atoms with van der Waals surface area (Å²) in [5.41, 5.74) is 3.22. The van der Waals surface area contributed by atoms with Crippen molar-refractivity contribution in [2.45, 2.75) is 26.9 Å². The van der Waals surface area contributed by atoms with Gasteiger partial charge >= 0.3 is 0 Å². The van der Waals surface area contributed by atoms with Crippen molar-refractivity contribution in [3.05, 3.63) is 10.5 Å². The second kappa shape index (κ2) is 4.63. The Morgan fingerprint density at radius 2 is 2.25 bits per heavy atom. The van der Waals surface area contributed by atoms with Crippen LogP contribution in [0, 0.1) is 11.7 Å². The van der Waals surface area contributed by atoms with Crippen LogP contribution in [0.15, 0.2) is 0 Å². The van der Waals surface area contributed by atoms with Crippen molar-refractivity contribution in [3.63, 3.8) is 0 Å². The Morgan fingerprint density at radius 3 is 2.88 bits per heavy atom. The first-order valence-corrected chi connectivity index (χ1v) is 7.14. The van der Waals surface area contributed by atoms with E-state index in [1.165, 1.54) is 0 Å². The van der Waals surface area contributed by atoms with Crippen LogP contribution in [0.4, 0.5) is 0 Å². The van der Waals surface area contributed by atoms with Crippen LogP contribution >= 0.6 is 24.0 Å². The van der Waals surface area contributed by atoms with Crippen LogP contribution in [0.25, 0.3) is 11.2 Å². The van der Waals surface area contributed by atoms with Crippen molar-refractivity contribution in [1.82, 2.24) is 19.3 Å². The summed E-state index contributed by atoms with van der Waals surface area (Å²) in [6, 6.07) is 0. The van der Waals surface area contributed by atoms with Crippen LogP contribution in [0.1, 0.15) is 12.6 Å². The predicted molar refractivity (Wildman–Crippen MR) is 71.7 cm³/mol. The van der Waals surface area contributed by atoms with Crippen LogP contribution in [-0.2, 0) is 13.1 Å². The van der Waals surface area contributed by atoms with Gasteiger partial charge in [0.15, 0.2) is 10.4 Å². The predicted octanol–water partition coefficient (Wildman–Crippen LogP) is 2.59. The maximum atomic E-state index is 5.34. The van der Waals surface area contributed by atoms with Crippen molar-refractivity contribution >= 4 is 35.1 Å². The summed E-state index contributed by atoms with van der Waals surface area (Å²) in [7, 11) is 0. The molecule has 0 aromatic carbocycles. The van der Waals surface area contributed by atoms with Gasteiger partial charge < -0.3 is 9.55 Å². The minimum atomic E-state index is 0.798. The molecule has 0 aliphatic rings. The number of hydrogen-bond donors (Lipinski definition) is 1. The molecule has 0 spiro atoms. The van der Waals surface area contributed by atoms with Gasteiger partial charge in [0, 0.05) is 18.8 Å². The lowest BCUT2D eigenvalue weighted by Crippen LogP contribution is -2.06. The topological polar surface area (TPSA) is 38.5 Å². The number of fused-ring (bicyclic) bond motifs is 1. The van der Waals surface area contributed by atoms with Crippen molar-refractivity contribution in [2.24, 2.45) is 0 Å². The first kappa shape index (κ1) is 11.7. The fourth-order valence-corrected chi connectivity index (χ4v) is 2.52. The number of H-pyrrole nitrogens is 1. The summed E-state index contributed by atoms with van der Waals surface area (Å²) < 4.78 is 4.95. The minimum Gasteiger partial charge on any atom is -0.328 e. The second-order valence-electron chi connectivity index (χ2n) is 3.67. The van der Waals surface area contributed by atoms with Gasteiger partial charge in [-0.2, -0.15) is 16.9 Å². The first-order valence-electron chi connectivity index (χ1n) is 5.34. The van der Waals surface area contributed by atoms with Gasteiger partial charge in [-0.1, -0.05) is 0 Å². The number of thioether (sulfide) groups is 1. The molecule has 1 N–H and O–H groups in total. The number of imidazole rings is 1. The summed E-state index contributed by atoms with van der Waals surface area (Å²) >= 11 is 7.17.